The first kappa shape index (κ1) is 16.3. The number of hydrogen-bond donors (Lipinski definition) is 1. The predicted octanol–water partition coefficient (Wildman–Crippen LogP) is 2.42. The number of hydrogen-bond acceptors (Lipinski definition) is 5. The minimum atomic E-state index is -0.407. The van der Waals surface area contributed by atoms with Crippen LogP contribution < -0.4 is 24.4 Å². The molecule has 7 heteroatoms. The van der Waals surface area contributed by atoms with Crippen LogP contribution >= 0.6 is 0 Å². The van der Waals surface area contributed by atoms with Gasteiger partial charge in [-0.1, -0.05) is 0 Å². The van der Waals surface area contributed by atoms with Crippen molar-refractivity contribution in [2.75, 3.05) is 30.7 Å². The Hall–Kier alpha value is -3.22. The average molecular weight is 354 g/mol. The first-order valence-electron chi connectivity index (χ1n) is 8.29. The Morgan fingerprint density at radius 1 is 1.15 bits per heavy atom. The van der Waals surface area contributed by atoms with E-state index in [0.29, 0.717) is 23.7 Å². The minimum Gasteiger partial charge on any atom is -0.497 e. The molecule has 2 aliphatic heterocycles. The van der Waals surface area contributed by atoms with Gasteiger partial charge in [-0.3, -0.25) is 9.59 Å². The summed E-state index contributed by atoms with van der Waals surface area (Å²) in [4.78, 5) is 26.5. The van der Waals surface area contributed by atoms with Gasteiger partial charge >= 0.3 is 0 Å². The van der Waals surface area contributed by atoms with Crippen molar-refractivity contribution in [3.05, 3.63) is 42.5 Å². The maximum absolute atomic E-state index is 12.6. The smallest absolute Gasteiger partial charge is 0.231 e. The molecule has 134 valence electrons. The first-order chi connectivity index (χ1) is 12.6. The van der Waals surface area contributed by atoms with E-state index in [4.69, 9.17) is 14.2 Å². The van der Waals surface area contributed by atoms with Gasteiger partial charge in [0.15, 0.2) is 11.5 Å². The Balaban J connectivity index is 1.43. The van der Waals surface area contributed by atoms with Crippen LogP contribution in [0.3, 0.4) is 0 Å². The van der Waals surface area contributed by atoms with Crippen molar-refractivity contribution in [1.82, 2.24) is 0 Å². The van der Waals surface area contributed by atoms with E-state index >= 15 is 0 Å². The van der Waals surface area contributed by atoms with E-state index in [1.54, 1.807) is 42.3 Å². The van der Waals surface area contributed by atoms with Crippen molar-refractivity contribution in [1.29, 1.82) is 0 Å². The number of benzene rings is 2. The van der Waals surface area contributed by atoms with Crippen LogP contribution in [-0.4, -0.2) is 32.3 Å². The summed E-state index contributed by atoms with van der Waals surface area (Å²) in [6.07, 6.45) is 0.183. The number of methoxy groups -OCH3 is 1. The molecule has 0 bridgehead atoms. The fraction of sp³-hybridized carbons (Fsp3) is 0.263. The lowest BCUT2D eigenvalue weighted by Gasteiger charge is -2.17. The molecule has 26 heavy (non-hydrogen) atoms. The van der Waals surface area contributed by atoms with Crippen molar-refractivity contribution in [2.45, 2.75) is 6.42 Å². The highest BCUT2D eigenvalue weighted by Gasteiger charge is 2.35. The van der Waals surface area contributed by atoms with Crippen LogP contribution in [0.2, 0.25) is 0 Å². The molecule has 2 heterocycles. The van der Waals surface area contributed by atoms with Crippen molar-refractivity contribution in [2.24, 2.45) is 5.92 Å². The summed E-state index contributed by atoms with van der Waals surface area (Å²) in [6.45, 7) is 0.530. The summed E-state index contributed by atoms with van der Waals surface area (Å²) < 4.78 is 15.7. The maximum Gasteiger partial charge on any atom is 0.231 e. The maximum atomic E-state index is 12.6. The van der Waals surface area contributed by atoms with Crippen molar-refractivity contribution < 1.29 is 23.8 Å². The second-order valence-electron chi connectivity index (χ2n) is 6.16. The summed E-state index contributed by atoms with van der Waals surface area (Å²) >= 11 is 0. The Morgan fingerprint density at radius 3 is 2.69 bits per heavy atom. The number of anilines is 2. The number of nitrogens with one attached hydrogen (secondary N) is 1. The molecule has 0 unspecified atom stereocenters. The van der Waals surface area contributed by atoms with Gasteiger partial charge in [0.1, 0.15) is 5.75 Å². The van der Waals surface area contributed by atoms with Gasteiger partial charge < -0.3 is 24.4 Å². The normalized spacial score (nSPS) is 18.1. The van der Waals surface area contributed by atoms with Crippen LogP contribution in [0.5, 0.6) is 17.2 Å². The number of carbonyl (C=O) groups excluding carboxylic acids is 2. The summed E-state index contributed by atoms with van der Waals surface area (Å²) in [5, 5.41) is 2.85. The lowest BCUT2D eigenvalue weighted by atomic mass is 10.1. The van der Waals surface area contributed by atoms with Crippen molar-refractivity contribution >= 4 is 23.2 Å². The molecule has 1 atom stereocenters. The van der Waals surface area contributed by atoms with Gasteiger partial charge in [0.25, 0.3) is 0 Å². The molecular weight excluding hydrogens is 336 g/mol. The van der Waals surface area contributed by atoms with Gasteiger partial charge in [-0.15, -0.1) is 0 Å². The number of fused-ring (bicyclic) bond motifs is 1. The van der Waals surface area contributed by atoms with E-state index in [9.17, 15) is 9.59 Å². The molecule has 0 saturated carbocycles. The molecule has 7 nitrogen and oxygen atoms in total. The Bertz CT molecular complexity index is 850. The third kappa shape index (κ3) is 3.03. The molecule has 1 fully saturated rings. The summed E-state index contributed by atoms with van der Waals surface area (Å²) in [5.74, 6) is 1.32. The number of amides is 2. The third-order valence-corrected chi connectivity index (χ3v) is 4.52. The second-order valence-corrected chi connectivity index (χ2v) is 6.16. The SMILES string of the molecule is COc1ccc(N2C[C@H](C(=O)Nc3ccc4c(c3)OCO4)CC2=O)cc1. The van der Waals surface area contributed by atoms with Crippen LogP contribution in [0, 0.1) is 5.92 Å². The Labute approximate surface area is 150 Å². The molecule has 0 radical (unpaired) electrons. The van der Waals surface area contributed by atoms with Crippen LogP contribution in [0.25, 0.3) is 0 Å². The summed E-state index contributed by atoms with van der Waals surface area (Å²) in [7, 11) is 1.59. The molecule has 0 aliphatic carbocycles. The van der Waals surface area contributed by atoms with Crippen molar-refractivity contribution in [3.63, 3.8) is 0 Å². The average Bonchev–Trinajstić information content (AvgIpc) is 3.28. The number of nitrogens with zero attached hydrogens (tertiary/aromatic N) is 1. The van der Waals surface area contributed by atoms with Gasteiger partial charge in [-0.2, -0.15) is 0 Å². The molecule has 4 rings (SSSR count). The molecule has 1 N–H and O–H groups in total. The number of carbonyl (C=O) groups is 2. The topological polar surface area (TPSA) is 77.1 Å². The van der Waals surface area contributed by atoms with E-state index in [1.807, 2.05) is 12.1 Å². The van der Waals surface area contributed by atoms with Crippen LogP contribution in [0.15, 0.2) is 42.5 Å². The molecule has 0 aromatic heterocycles. The molecule has 2 aliphatic rings. The van der Waals surface area contributed by atoms with Crippen LogP contribution in [0.4, 0.5) is 11.4 Å². The quantitative estimate of drug-likeness (QED) is 0.912. The van der Waals surface area contributed by atoms with E-state index in [2.05, 4.69) is 5.32 Å². The monoisotopic (exact) mass is 354 g/mol. The molecule has 2 aromatic carbocycles. The van der Waals surface area contributed by atoms with Crippen LogP contribution in [-0.2, 0) is 9.59 Å². The van der Waals surface area contributed by atoms with Gasteiger partial charge in [-0.25, -0.2) is 0 Å². The lowest BCUT2D eigenvalue weighted by molar-refractivity contribution is -0.122. The molecule has 2 aromatic rings. The summed E-state index contributed by atoms with van der Waals surface area (Å²) in [6, 6.07) is 12.4. The van der Waals surface area contributed by atoms with Gasteiger partial charge in [0.05, 0.1) is 13.0 Å². The Kier molecular flexibility index (Phi) is 4.12. The highest BCUT2D eigenvalue weighted by atomic mass is 16.7. The lowest BCUT2D eigenvalue weighted by Crippen LogP contribution is -2.28. The zero-order chi connectivity index (χ0) is 18.1. The highest BCUT2D eigenvalue weighted by Crippen LogP contribution is 2.34. The van der Waals surface area contributed by atoms with Gasteiger partial charge in [0, 0.05) is 30.4 Å². The van der Waals surface area contributed by atoms with E-state index < -0.39 is 5.92 Å². The number of ether oxygens (including phenoxy) is 3. The molecule has 1 saturated heterocycles. The van der Waals surface area contributed by atoms with E-state index in [1.165, 1.54) is 0 Å². The van der Waals surface area contributed by atoms with Gasteiger partial charge in [-0.05, 0) is 36.4 Å². The largest absolute Gasteiger partial charge is 0.497 e. The minimum absolute atomic E-state index is 0.0685. The predicted molar refractivity (Wildman–Crippen MR) is 94.6 cm³/mol. The zero-order valence-electron chi connectivity index (χ0n) is 14.2. The number of rotatable bonds is 4. The van der Waals surface area contributed by atoms with Crippen LogP contribution in [0.1, 0.15) is 6.42 Å². The summed E-state index contributed by atoms with van der Waals surface area (Å²) in [5.41, 5.74) is 1.38. The fourth-order valence-corrected chi connectivity index (χ4v) is 3.11. The van der Waals surface area contributed by atoms with E-state index in [-0.39, 0.29) is 25.0 Å². The van der Waals surface area contributed by atoms with Gasteiger partial charge in [0.2, 0.25) is 18.6 Å². The highest BCUT2D eigenvalue weighted by molar-refractivity contribution is 6.03. The molecule has 2 amide bonds. The third-order valence-electron chi connectivity index (χ3n) is 4.52. The molecular formula is C19H18N2O5. The van der Waals surface area contributed by atoms with Crippen molar-refractivity contribution in [3.8, 4) is 17.2 Å². The second kappa shape index (κ2) is 6.59. The Morgan fingerprint density at radius 2 is 1.92 bits per heavy atom. The standard InChI is InChI=1S/C19H18N2O5/c1-24-15-5-3-14(4-6-15)21-10-12(8-18(21)22)19(23)20-13-2-7-16-17(9-13)26-11-25-16/h2-7,9,12H,8,10-11H2,1H3,(H,20,23)/t12-/m1/s1. The molecule has 0 spiro atoms. The van der Waals surface area contributed by atoms with E-state index in [0.717, 1.165) is 11.4 Å². The first-order valence-corrected chi connectivity index (χ1v) is 8.29. The zero-order valence-corrected chi connectivity index (χ0v) is 14.2. The fourth-order valence-electron chi connectivity index (χ4n) is 3.11.